The Bertz CT molecular complexity index is 1130. The average molecular weight is 404 g/mol. The Kier molecular flexibility index (Phi) is 5.58. The highest BCUT2D eigenvalue weighted by Crippen LogP contribution is 2.28. The number of aromatic nitrogens is 5. The van der Waals surface area contributed by atoms with Gasteiger partial charge in [-0.25, -0.2) is 4.98 Å². The Morgan fingerprint density at radius 1 is 1.13 bits per heavy atom. The van der Waals surface area contributed by atoms with Gasteiger partial charge in [-0.15, -0.1) is 0 Å². The van der Waals surface area contributed by atoms with E-state index in [0.29, 0.717) is 30.7 Å². The number of pyridine rings is 1. The molecule has 3 aromatic heterocycles. The normalized spacial score (nSPS) is 12.2. The lowest BCUT2D eigenvalue weighted by Gasteiger charge is -2.09. The minimum Gasteiger partial charge on any atom is -0.383 e. The van der Waals surface area contributed by atoms with Crippen LogP contribution in [0, 0.1) is 6.92 Å². The van der Waals surface area contributed by atoms with E-state index in [4.69, 9.17) is 15.0 Å². The summed E-state index contributed by atoms with van der Waals surface area (Å²) >= 11 is 0. The van der Waals surface area contributed by atoms with Gasteiger partial charge in [0.15, 0.2) is 5.82 Å². The Hall–Kier alpha value is -3.52. The zero-order valence-electron chi connectivity index (χ0n) is 17.2. The zero-order chi connectivity index (χ0) is 21.1. The number of benzene rings is 1. The fraction of sp³-hybridized carbons (Fsp3) is 0.273. The van der Waals surface area contributed by atoms with Crippen molar-refractivity contribution in [3.63, 3.8) is 0 Å². The zero-order valence-corrected chi connectivity index (χ0v) is 17.2. The number of nitrogens with two attached hydrogens (primary N) is 1. The number of nitrogen functional groups attached to an aromatic ring is 1. The Morgan fingerprint density at radius 2 is 1.93 bits per heavy atom. The number of methoxy groups -OCH3 is 1. The van der Waals surface area contributed by atoms with Crippen molar-refractivity contribution in [2.45, 2.75) is 26.3 Å². The molecule has 0 aliphatic heterocycles. The van der Waals surface area contributed by atoms with Gasteiger partial charge < -0.3 is 15.0 Å². The van der Waals surface area contributed by atoms with Gasteiger partial charge in [-0.1, -0.05) is 36.3 Å². The molecule has 1 atom stereocenters. The minimum atomic E-state index is -0.00800. The molecule has 8 heteroatoms. The molecule has 0 aliphatic carbocycles. The van der Waals surface area contributed by atoms with E-state index < -0.39 is 0 Å². The molecule has 0 amide bonds. The molecule has 0 radical (unpaired) electrons. The largest absolute Gasteiger partial charge is 0.383 e. The second kappa shape index (κ2) is 8.46. The minimum absolute atomic E-state index is 0.00800. The number of hydrogen-bond donors (Lipinski definition) is 1. The molecule has 1 aromatic carbocycles. The second-order valence-corrected chi connectivity index (χ2v) is 7.21. The monoisotopic (exact) mass is 404 g/mol. The fourth-order valence-electron chi connectivity index (χ4n) is 3.17. The predicted molar refractivity (Wildman–Crippen MR) is 114 cm³/mol. The maximum atomic E-state index is 5.82. The summed E-state index contributed by atoms with van der Waals surface area (Å²) in [7, 11) is 1.66. The summed E-state index contributed by atoms with van der Waals surface area (Å²) in [5.41, 5.74) is 10.8. The van der Waals surface area contributed by atoms with Gasteiger partial charge in [0.1, 0.15) is 5.82 Å². The first kappa shape index (κ1) is 19.8. The molecule has 4 rings (SSSR count). The van der Waals surface area contributed by atoms with Crippen LogP contribution in [0.15, 0.2) is 53.4 Å². The van der Waals surface area contributed by atoms with Crippen molar-refractivity contribution in [3.05, 3.63) is 65.9 Å². The van der Waals surface area contributed by atoms with Gasteiger partial charge >= 0.3 is 0 Å². The van der Waals surface area contributed by atoms with Crippen LogP contribution in [0.1, 0.15) is 29.8 Å². The summed E-state index contributed by atoms with van der Waals surface area (Å²) in [5, 5.41) is 8.46. The van der Waals surface area contributed by atoms with E-state index in [1.165, 1.54) is 0 Å². The van der Waals surface area contributed by atoms with Crippen LogP contribution in [0.3, 0.4) is 0 Å². The van der Waals surface area contributed by atoms with Crippen molar-refractivity contribution in [1.82, 2.24) is 24.9 Å². The highest BCUT2D eigenvalue weighted by molar-refractivity contribution is 5.65. The van der Waals surface area contributed by atoms with Crippen molar-refractivity contribution in [3.8, 4) is 22.6 Å². The number of hydrogen-bond acceptors (Lipinski definition) is 7. The molecule has 0 unspecified atom stereocenters. The smallest absolute Gasteiger partial charge is 0.261 e. The summed E-state index contributed by atoms with van der Waals surface area (Å²) < 4.78 is 12.3. The summed E-state index contributed by atoms with van der Waals surface area (Å²) in [6.07, 6.45) is 5.38. The van der Waals surface area contributed by atoms with Gasteiger partial charge in [-0.05, 0) is 29.7 Å². The highest BCUT2D eigenvalue weighted by atomic mass is 16.5. The summed E-state index contributed by atoms with van der Waals surface area (Å²) in [6, 6.07) is 10.3. The van der Waals surface area contributed by atoms with E-state index in [1.807, 2.05) is 19.2 Å². The molecule has 0 bridgehead atoms. The van der Waals surface area contributed by atoms with Crippen LogP contribution in [0.25, 0.3) is 22.6 Å². The first-order chi connectivity index (χ1) is 14.5. The van der Waals surface area contributed by atoms with Crippen molar-refractivity contribution in [2.24, 2.45) is 0 Å². The molecule has 8 nitrogen and oxygen atoms in total. The highest BCUT2D eigenvalue weighted by Gasteiger charge is 2.18. The van der Waals surface area contributed by atoms with Crippen LogP contribution in [-0.4, -0.2) is 38.6 Å². The first-order valence-corrected chi connectivity index (χ1v) is 9.73. The molecule has 0 fully saturated rings. The molecule has 0 spiro atoms. The standard InChI is InChI=1S/C22H24N6O2/c1-14-10-18(11-24-20(14)23)17-6-4-16(5-7-17)15(2)21-26-22(30-27-21)19-12-25-28(13-19)8-9-29-3/h4-7,10-13,15H,8-9H2,1-3H3,(H2,23,24)/t15-/m0/s1. The number of aryl methyl sites for hydroxylation is 1. The predicted octanol–water partition coefficient (Wildman–Crippen LogP) is 3.68. The van der Waals surface area contributed by atoms with E-state index in [0.717, 1.165) is 27.8 Å². The summed E-state index contributed by atoms with van der Waals surface area (Å²) in [4.78, 5) is 8.81. The molecular weight excluding hydrogens is 380 g/mol. The molecule has 0 saturated heterocycles. The van der Waals surface area contributed by atoms with E-state index in [9.17, 15) is 0 Å². The van der Waals surface area contributed by atoms with Gasteiger partial charge in [0.05, 0.1) is 24.9 Å². The molecular formula is C22H24N6O2. The maximum absolute atomic E-state index is 5.82. The topological polar surface area (TPSA) is 105 Å². The van der Waals surface area contributed by atoms with Crippen molar-refractivity contribution >= 4 is 5.82 Å². The molecule has 30 heavy (non-hydrogen) atoms. The Morgan fingerprint density at radius 3 is 2.67 bits per heavy atom. The quantitative estimate of drug-likeness (QED) is 0.501. The third-order valence-electron chi connectivity index (χ3n) is 5.10. The number of anilines is 1. The molecule has 0 aliphatic rings. The molecule has 4 aromatic rings. The number of ether oxygens (including phenoxy) is 1. The first-order valence-electron chi connectivity index (χ1n) is 9.73. The van der Waals surface area contributed by atoms with Crippen LogP contribution in [0.2, 0.25) is 0 Å². The lowest BCUT2D eigenvalue weighted by Crippen LogP contribution is -2.03. The van der Waals surface area contributed by atoms with Gasteiger partial charge in [0.25, 0.3) is 5.89 Å². The van der Waals surface area contributed by atoms with Crippen LogP contribution >= 0.6 is 0 Å². The SMILES string of the molecule is COCCn1cc(-c2nc([C@@H](C)c3ccc(-c4cnc(N)c(C)c4)cc3)no2)cn1. The van der Waals surface area contributed by atoms with E-state index in [1.54, 1.807) is 24.2 Å². The average Bonchev–Trinajstić information content (AvgIpc) is 3.43. The van der Waals surface area contributed by atoms with Crippen molar-refractivity contribution in [2.75, 3.05) is 19.5 Å². The van der Waals surface area contributed by atoms with Crippen molar-refractivity contribution in [1.29, 1.82) is 0 Å². The van der Waals surface area contributed by atoms with Crippen LogP contribution in [-0.2, 0) is 11.3 Å². The van der Waals surface area contributed by atoms with E-state index >= 15 is 0 Å². The van der Waals surface area contributed by atoms with Crippen LogP contribution < -0.4 is 5.73 Å². The fourth-order valence-corrected chi connectivity index (χ4v) is 3.17. The van der Waals surface area contributed by atoms with Crippen molar-refractivity contribution < 1.29 is 9.26 Å². The van der Waals surface area contributed by atoms with Gasteiger partial charge in [-0.3, -0.25) is 4.68 Å². The Labute approximate surface area is 174 Å². The van der Waals surface area contributed by atoms with Gasteiger partial charge in [-0.2, -0.15) is 10.1 Å². The third kappa shape index (κ3) is 4.08. The lowest BCUT2D eigenvalue weighted by atomic mass is 9.97. The third-order valence-corrected chi connectivity index (χ3v) is 5.10. The maximum Gasteiger partial charge on any atom is 0.261 e. The Balaban J connectivity index is 1.50. The lowest BCUT2D eigenvalue weighted by molar-refractivity contribution is 0.183. The molecule has 3 heterocycles. The van der Waals surface area contributed by atoms with Crippen LogP contribution in [0.5, 0.6) is 0 Å². The molecule has 0 saturated carbocycles. The number of rotatable bonds is 7. The summed E-state index contributed by atoms with van der Waals surface area (Å²) in [6.45, 7) is 5.27. The van der Waals surface area contributed by atoms with Gasteiger partial charge in [0, 0.05) is 31.0 Å². The molecule has 2 N–H and O–H groups in total. The molecule has 154 valence electrons. The number of nitrogens with zero attached hydrogens (tertiary/aromatic N) is 5. The van der Waals surface area contributed by atoms with E-state index in [2.05, 4.69) is 51.4 Å². The van der Waals surface area contributed by atoms with Crippen LogP contribution in [0.4, 0.5) is 5.82 Å². The summed E-state index contributed by atoms with van der Waals surface area (Å²) in [5.74, 6) is 1.64. The van der Waals surface area contributed by atoms with Gasteiger partial charge in [0.2, 0.25) is 0 Å². The van der Waals surface area contributed by atoms with E-state index in [-0.39, 0.29) is 5.92 Å². The second-order valence-electron chi connectivity index (χ2n) is 7.21.